The third-order valence-electron chi connectivity index (χ3n) is 5.41. The number of aromatic nitrogens is 3. The number of benzene rings is 1. The number of carbonyl (C=O) groups excluding carboxylic acids is 1. The van der Waals surface area contributed by atoms with Crippen LogP contribution in [0.25, 0.3) is 20.4 Å². The second-order valence-electron chi connectivity index (χ2n) is 8.36. The monoisotopic (exact) mass is 496 g/mol. The van der Waals surface area contributed by atoms with E-state index >= 15 is 0 Å². The summed E-state index contributed by atoms with van der Waals surface area (Å²) < 4.78 is 13.4. The van der Waals surface area contributed by atoms with Crippen molar-refractivity contribution in [1.29, 1.82) is 0 Å². The number of anilines is 1. The lowest BCUT2D eigenvalue weighted by atomic mass is 10.1. The zero-order valence-electron chi connectivity index (χ0n) is 18.9. The first-order valence-corrected chi connectivity index (χ1v) is 12.9. The van der Waals surface area contributed by atoms with Crippen LogP contribution in [0.3, 0.4) is 0 Å². The van der Waals surface area contributed by atoms with E-state index in [1.807, 2.05) is 12.1 Å². The van der Waals surface area contributed by atoms with Crippen LogP contribution < -0.4 is 20.3 Å². The van der Waals surface area contributed by atoms with Crippen molar-refractivity contribution in [3.8, 4) is 11.5 Å². The molecule has 1 aliphatic rings. The Morgan fingerprint density at radius 2 is 2.06 bits per heavy atom. The Morgan fingerprint density at radius 3 is 2.88 bits per heavy atom. The number of rotatable bonds is 7. The predicted molar refractivity (Wildman–Crippen MR) is 135 cm³/mol. The molecule has 0 fully saturated rings. The Kier molecular flexibility index (Phi) is 6.42. The highest BCUT2D eigenvalue weighted by Gasteiger charge is 2.18. The van der Waals surface area contributed by atoms with Crippen molar-refractivity contribution >= 4 is 55.1 Å². The van der Waals surface area contributed by atoms with Crippen LogP contribution in [-0.4, -0.2) is 39.4 Å². The van der Waals surface area contributed by atoms with Crippen LogP contribution in [0.15, 0.2) is 46.5 Å². The average molecular weight is 497 g/mol. The van der Waals surface area contributed by atoms with Gasteiger partial charge in [0.05, 0.1) is 11.3 Å². The molecular formula is C24H24N4O4S2. The molecule has 3 aromatic heterocycles. The van der Waals surface area contributed by atoms with E-state index in [9.17, 15) is 9.59 Å². The fraction of sp³-hybridized carbons (Fsp3) is 0.333. The first-order chi connectivity index (χ1) is 16.5. The normalized spacial score (nSPS) is 13.0. The Hall–Kier alpha value is -3.11. The standard InChI is InChI=1S/C24H24N4O4S2/c1-14(2)7-9-28-23(30)21-20(16-4-3-8-25-22(16)34-21)27-24(28)33-13-19(29)26-15-5-6-17-18(12-15)32-11-10-31-17/h3-6,8,12,14H,7,9-11,13H2,1-2H3,(H,26,29). The number of ether oxygens (including phenoxy) is 2. The molecule has 4 heterocycles. The molecule has 1 N–H and O–H groups in total. The molecule has 0 saturated heterocycles. The average Bonchev–Trinajstić information content (AvgIpc) is 3.21. The molecule has 0 radical (unpaired) electrons. The van der Waals surface area contributed by atoms with Crippen LogP contribution in [0.4, 0.5) is 5.69 Å². The summed E-state index contributed by atoms with van der Waals surface area (Å²) in [6.45, 7) is 5.78. The van der Waals surface area contributed by atoms with Crippen molar-refractivity contribution in [3.05, 3.63) is 46.9 Å². The Balaban J connectivity index is 1.40. The van der Waals surface area contributed by atoms with Gasteiger partial charge in [0.2, 0.25) is 5.91 Å². The fourth-order valence-electron chi connectivity index (χ4n) is 3.68. The van der Waals surface area contributed by atoms with Gasteiger partial charge in [-0.1, -0.05) is 25.6 Å². The number of nitrogens with zero attached hydrogens (tertiary/aromatic N) is 3. The molecule has 0 unspecified atom stereocenters. The number of hydrogen-bond acceptors (Lipinski definition) is 8. The molecular weight excluding hydrogens is 472 g/mol. The largest absolute Gasteiger partial charge is 0.486 e. The quantitative estimate of drug-likeness (QED) is 0.296. The van der Waals surface area contributed by atoms with Crippen LogP contribution in [0.1, 0.15) is 20.3 Å². The van der Waals surface area contributed by atoms with Gasteiger partial charge in [0.25, 0.3) is 5.56 Å². The van der Waals surface area contributed by atoms with Gasteiger partial charge in [0.1, 0.15) is 22.7 Å². The number of thioether (sulfide) groups is 1. The molecule has 0 saturated carbocycles. The lowest BCUT2D eigenvalue weighted by molar-refractivity contribution is -0.113. The molecule has 0 spiro atoms. The molecule has 176 valence electrons. The van der Waals surface area contributed by atoms with Gasteiger partial charge in [0, 0.05) is 29.9 Å². The van der Waals surface area contributed by atoms with Crippen LogP contribution in [0, 0.1) is 5.92 Å². The molecule has 0 bridgehead atoms. The summed E-state index contributed by atoms with van der Waals surface area (Å²) in [4.78, 5) is 36.1. The SMILES string of the molecule is CC(C)CCn1c(SCC(=O)Nc2ccc3c(c2)OCCO3)nc2c(sc3ncccc32)c1=O. The number of nitrogens with one attached hydrogen (secondary N) is 1. The zero-order chi connectivity index (χ0) is 23.7. The van der Waals surface area contributed by atoms with Crippen molar-refractivity contribution in [2.24, 2.45) is 5.92 Å². The van der Waals surface area contributed by atoms with Crippen LogP contribution in [-0.2, 0) is 11.3 Å². The molecule has 4 aromatic rings. The molecule has 1 aromatic carbocycles. The minimum absolute atomic E-state index is 0.0802. The van der Waals surface area contributed by atoms with E-state index in [0.717, 1.165) is 16.6 Å². The third kappa shape index (κ3) is 4.60. The second kappa shape index (κ2) is 9.63. The number of amides is 1. The number of pyridine rings is 1. The number of carbonyl (C=O) groups is 1. The summed E-state index contributed by atoms with van der Waals surface area (Å²) in [6, 6.07) is 9.09. The van der Waals surface area contributed by atoms with Gasteiger partial charge in [-0.3, -0.25) is 14.2 Å². The van der Waals surface area contributed by atoms with Crippen molar-refractivity contribution in [1.82, 2.24) is 14.5 Å². The van der Waals surface area contributed by atoms with Gasteiger partial charge in [-0.05, 0) is 36.6 Å². The maximum Gasteiger partial charge on any atom is 0.272 e. The molecule has 8 nitrogen and oxygen atoms in total. The van der Waals surface area contributed by atoms with E-state index in [-0.39, 0.29) is 17.2 Å². The summed E-state index contributed by atoms with van der Waals surface area (Å²) in [5, 5.41) is 4.29. The molecule has 0 aliphatic carbocycles. The van der Waals surface area contributed by atoms with Gasteiger partial charge in [0.15, 0.2) is 16.7 Å². The lowest BCUT2D eigenvalue weighted by Gasteiger charge is -2.19. The predicted octanol–water partition coefficient (Wildman–Crippen LogP) is 4.55. The molecule has 1 aliphatic heterocycles. The van der Waals surface area contributed by atoms with Gasteiger partial charge in [-0.2, -0.15) is 0 Å². The topological polar surface area (TPSA) is 95.3 Å². The van der Waals surface area contributed by atoms with Crippen molar-refractivity contribution in [3.63, 3.8) is 0 Å². The highest BCUT2D eigenvalue weighted by Crippen LogP contribution is 2.33. The Morgan fingerprint density at radius 1 is 1.24 bits per heavy atom. The number of thiophene rings is 1. The van der Waals surface area contributed by atoms with Crippen LogP contribution in [0.2, 0.25) is 0 Å². The van der Waals surface area contributed by atoms with Crippen LogP contribution in [0.5, 0.6) is 11.5 Å². The lowest BCUT2D eigenvalue weighted by Crippen LogP contribution is -2.24. The molecule has 1 amide bonds. The molecule has 0 atom stereocenters. The highest BCUT2D eigenvalue weighted by molar-refractivity contribution is 7.99. The number of fused-ring (bicyclic) bond motifs is 4. The first-order valence-electron chi connectivity index (χ1n) is 11.1. The maximum absolute atomic E-state index is 13.4. The molecule has 5 rings (SSSR count). The van der Waals surface area contributed by atoms with Crippen molar-refractivity contribution in [2.45, 2.75) is 32.0 Å². The first kappa shape index (κ1) is 22.7. The van der Waals surface area contributed by atoms with Gasteiger partial charge >= 0.3 is 0 Å². The summed E-state index contributed by atoms with van der Waals surface area (Å²) in [5.74, 6) is 1.65. The summed E-state index contributed by atoms with van der Waals surface area (Å²) in [7, 11) is 0. The Bertz CT molecular complexity index is 1430. The minimum Gasteiger partial charge on any atom is -0.486 e. The highest BCUT2D eigenvalue weighted by atomic mass is 32.2. The number of hydrogen-bond donors (Lipinski definition) is 1. The smallest absolute Gasteiger partial charge is 0.272 e. The van der Waals surface area contributed by atoms with E-state index < -0.39 is 0 Å². The van der Waals surface area contributed by atoms with E-state index in [2.05, 4.69) is 24.1 Å². The van der Waals surface area contributed by atoms with Crippen molar-refractivity contribution < 1.29 is 14.3 Å². The fourth-order valence-corrected chi connectivity index (χ4v) is 5.53. The maximum atomic E-state index is 13.4. The van der Waals surface area contributed by atoms with E-state index in [1.165, 1.54) is 23.1 Å². The molecule has 10 heteroatoms. The van der Waals surface area contributed by atoms with Gasteiger partial charge in [-0.15, -0.1) is 11.3 Å². The third-order valence-corrected chi connectivity index (χ3v) is 7.47. The summed E-state index contributed by atoms with van der Waals surface area (Å²) in [6.07, 6.45) is 2.56. The minimum atomic E-state index is -0.191. The Labute approximate surface area is 204 Å². The summed E-state index contributed by atoms with van der Waals surface area (Å²) >= 11 is 2.63. The summed E-state index contributed by atoms with van der Waals surface area (Å²) in [5.41, 5.74) is 1.20. The van der Waals surface area contributed by atoms with Crippen molar-refractivity contribution in [2.75, 3.05) is 24.3 Å². The molecule has 34 heavy (non-hydrogen) atoms. The van der Waals surface area contributed by atoms with E-state index in [0.29, 0.717) is 58.2 Å². The van der Waals surface area contributed by atoms with Gasteiger partial charge in [-0.25, -0.2) is 9.97 Å². The van der Waals surface area contributed by atoms with Gasteiger partial charge < -0.3 is 14.8 Å². The zero-order valence-corrected chi connectivity index (χ0v) is 20.5. The van der Waals surface area contributed by atoms with E-state index in [4.69, 9.17) is 14.5 Å². The van der Waals surface area contributed by atoms with Crippen LogP contribution >= 0.6 is 23.1 Å². The second-order valence-corrected chi connectivity index (χ2v) is 10.3. The van der Waals surface area contributed by atoms with E-state index in [1.54, 1.807) is 29.0 Å².